The van der Waals surface area contributed by atoms with Gasteiger partial charge in [-0.1, -0.05) is 0 Å². The van der Waals surface area contributed by atoms with Gasteiger partial charge in [-0.3, -0.25) is 11.7 Å². The minimum Gasteiger partial charge on any atom is -0.412 e. The van der Waals surface area contributed by atoms with Crippen molar-refractivity contribution in [1.82, 2.24) is 0 Å². The number of hydrazine groups is 1. The van der Waals surface area contributed by atoms with Crippen molar-refractivity contribution in [3.8, 4) is 0 Å². The van der Waals surface area contributed by atoms with Crippen LogP contribution >= 0.6 is 0 Å². The van der Waals surface area contributed by atoms with Crippen molar-refractivity contribution in [3.63, 3.8) is 0 Å². The van der Waals surface area contributed by atoms with Crippen LogP contribution in [0.3, 0.4) is 0 Å². The molecule has 0 aromatic heterocycles. The lowest BCUT2D eigenvalue weighted by Crippen LogP contribution is -2.02. The summed E-state index contributed by atoms with van der Waals surface area (Å²) in [5, 5.41) is 0. The van der Waals surface area contributed by atoms with Crippen LogP contribution < -0.4 is 11.7 Å². The molecule has 0 fully saturated rings. The molecule has 0 amide bonds. The Morgan fingerprint density at radius 3 is 1.00 bits per heavy atom. The van der Waals surface area contributed by atoms with E-state index in [1.165, 1.54) is 0 Å². The van der Waals surface area contributed by atoms with Gasteiger partial charge in [-0.15, -0.1) is 0 Å². The zero-order valence-electron chi connectivity index (χ0n) is 2.15. The Hall–Kier alpha value is -0.120. The summed E-state index contributed by atoms with van der Waals surface area (Å²) in [6.45, 7) is 0. The molecule has 4 heavy (non-hydrogen) atoms. The maximum Gasteiger partial charge on any atom is 0 e. The highest BCUT2D eigenvalue weighted by atomic mass is 16.0. The van der Waals surface area contributed by atoms with Gasteiger partial charge in [-0.05, 0) is 0 Å². The Labute approximate surface area is 25.9 Å². The molecule has 26 valence electrons. The van der Waals surface area contributed by atoms with Crippen LogP contribution in [0, 0.1) is 7.43 Å². The van der Waals surface area contributed by atoms with E-state index in [-0.39, 0.29) is 12.9 Å². The van der Waals surface area contributed by atoms with Crippen molar-refractivity contribution in [2.24, 2.45) is 11.7 Å². The van der Waals surface area contributed by atoms with Gasteiger partial charge in [0.1, 0.15) is 0 Å². The topological polar surface area (TPSA) is 83.5 Å². The zero-order valence-corrected chi connectivity index (χ0v) is 2.15. The lowest BCUT2D eigenvalue weighted by atomic mass is 12.0. The van der Waals surface area contributed by atoms with Crippen LogP contribution in [0.2, 0.25) is 0 Å². The Morgan fingerprint density at radius 1 is 1.00 bits per heavy atom. The van der Waals surface area contributed by atoms with E-state index < -0.39 is 0 Å². The minimum absolute atomic E-state index is 0. The first-order chi connectivity index (χ1) is 1.00. The Bertz CT molecular complexity index is 6.00. The fourth-order valence-corrected chi connectivity index (χ4v) is 0. The van der Waals surface area contributed by atoms with Crippen LogP contribution in [0.4, 0.5) is 0 Å². The molecule has 3 nitrogen and oxygen atoms in total. The van der Waals surface area contributed by atoms with Crippen LogP contribution in [-0.4, -0.2) is 5.48 Å². The van der Waals surface area contributed by atoms with Crippen LogP contribution in [0.25, 0.3) is 0 Å². The summed E-state index contributed by atoms with van der Waals surface area (Å²) >= 11 is 0. The SMILES string of the molecule is NN.O.[C]. The number of rotatable bonds is 0. The second-order valence-corrected chi connectivity index (χ2v) is 0. The van der Waals surface area contributed by atoms with Gasteiger partial charge < -0.3 is 5.48 Å². The standard InChI is InChI=1S/C.H4N2.H2O/c;1-2;/h;1-2H2;1H2. The Morgan fingerprint density at radius 2 is 1.00 bits per heavy atom. The van der Waals surface area contributed by atoms with Crippen molar-refractivity contribution in [3.05, 3.63) is 7.43 Å². The fraction of sp³-hybridized carbons (Fsp3) is 0. The predicted octanol–water partition coefficient (Wildman–Crippen LogP) is -1.92. The molecule has 4 radical (unpaired) electrons. The molecule has 6 N–H and O–H groups in total. The normalized spacial score (nSPS) is 1.50. The van der Waals surface area contributed by atoms with E-state index in [9.17, 15) is 0 Å². The zero-order chi connectivity index (χ0) is 2.00. The highest BCUT2D eigenvalue weighted by Gasteiger charge is 0.726. The van der Waals surface area contributed by atoms with E-state index in [0.29, 0.717) is 0 Å². The molecule has 0 saturated carbocycles. The van der Waals surface area contributed by atoms with E-state index in [2.05, 4.69) is 11.7 Å². The quantitative estimate of drug-likeness (QED) is 0.253. The second-order valence-electron chi connectivity index (χ2n) is 0. The molecule has 0 aliphatic rings. The lowest BCUT2D eigenvalue weighted by molar-refractivity contribution is 0.824. The van der Waals surface area contributed by atoms with Crippen LogP contribution in [-0.2, 0) is 0 Å². The summed E-state index contributed by atoms with van der Waals surface area (Å²) in [6.07, 6.45) is 0. The molecule has 0 spiro atoms. The van der Waals surface area contributed by atoms with E-state index in [0.717, 1.165) is 0 Å². The summed E-state index contributed by atoms with van der Waals surface area (Å²) in [7, 11) is 0. The average molecular weight is 62.1 g/mol. The minimum atomic E-state index is 0. The summed E-state index contributed by atoms with van der Waals surface area (Å²) in [5.41, 5.74) is 0. The highest BCUT2D eigenvalue weighted by Crippen LogP contribution is 0.0813. The summed E-state index contributed by atoms with van der Waals surface area (Å²) in [5.74, 6) is 8.00. The largest absolute Gasteiger partial charge is 0.412 e. The van der Waals surface area contributed by atoms with Gasteiger partial charge in [-0.2, -0.15) is 0 Å². The first-order valence-corrected chi connectivity index (χ1v) is 0.333. The third-order valence-electron chi connectivity index (χ3n) is 0. The first kappa shape index (κ1) is 41.6. The summed E-state index contributed by atoms with van der Waals surface area (Å²) < 4.78 is 0. The molecule has 0 aliphatic carbocycles. The molecule has 0 bridgehead atoms. The van der Waals surface area contributed by atoms with Crippen molar-refractivity contribution in [1.29, 1.82) is 0 Å². The molecule has 0 saturated heterocycles. The molecular formula is CH6N2O. The molecular weight excluding hydrogens is 56.0 g/mol. The van der Waals surface area contributed by atoms with E-state index in [4.69, 9.17) is 0 Å². The van der Waals surface area contributed by atoms with Crippen molar-refractivity contribution >= 4 is 0 Å². The molecule has 0 atom stereocenters. The van der Waals surface area contributed by atoms with Crippen molar-refractivity contribution in [2.45, 2.75) is 0 Å². The van der Waals surface area contributed by atoms with E-state index in [1.54, 1.807) is 0 Å². The number of nitrogens with two attached hydrogens (primary N) is 2. The fourth-order valence-electron chi connectivity index (χ4n) is 0. The van der Waals surface area contributed by atoms with Gasteiger partial charge in [0.2, 0.25) is 0 Å². The van der Waals surface area contributed by atoms with E-state index >= 15 is 0 Å². The first-order valence-electron chi connectivity index (χ1n) is 0.333. The molecule has 0 rings (SSSR count). The van der Waals surface area contributed by atoms with Gasteiger partial charge in [0.25, 0.3) is 0 Å². The van der Waals surface area contributed by atoms with Gasteiger partial charge in [0.15, 0.2) is 0 Å². The van der Waals surface area contributed by atoms with Crippen LogP contribution in [0.1, 0.15) is 0 Å². The number of hydrogen-bond donors (Lipinski definition) is 2. The molecule has 3 heteroatoms. The smallest absolute Gasteiger partial charge is 0 e. The lowest BCUT2D eigenvalue weighted by Gasteiger charge is -1.27. The molecule has 0 aromatic rings. The summed E-state index contributed by atoms with van der Waals surface area (Å²) in [6, 6.07) is 0. The van der Waals surface area contributed by atoms with Crippen molar-refractivity contribution < 1.29 is 5.48 Å². The van der Waals surface area contributed by atoms with Gasteiger partial charge in [-0.25, -0.2) is 0 Å². The Kier molecular flexibility index (Phi) is 7340. The third kappa shape index (κ3) is 101. The monoisotopic (exact) mass is 62.0 g/mol. The van der Waals surface area contributed by atoms with E-state index in [1.807, 2.05) is 0 Å². The summed E-state index contributed by atoms with van der Waals surface area (Å²) in [4.78, 5) is 0. The van der Waals surface area contributed by atoms with Gasteiger partial charge >= 0.3 is 0 Å². The maximum absolute atomic E-state index is 4.00. The van der Waals surface area contributed by atoms with Crippen molar-refractivity contribution in [2.75, 3.05) is 0 Å². The molecule has 0 unspecified atom stereocenters. The molecule has 0 heterocycles. The highest BCUT2D eigenvalue weighted by molar-refractivity contribution is 3.26. The Balaban J connectivity index is -0.00000000500. The van der Waals surface area contributed by atoms with Crippen LogP contribution in [0.15, 0.2) is 0 Å². The molecule has 0 aromatic carbocycles. The average Bonchev–Trinajstić information content (AvgIpc) is 1.00. The van der Waals surface area contributed by atoms with Gasteiger partial charge in [0, 0.05) is 7.43 Å². The number of hydrogen-bond acceptors (Lipinski definition) is 2. The third-order valence-corrected chi connectivity index (χ3v) is 0. The van der Waals surface area contributed by atoms with Gasteiger partial charge in [0.05, 0.1) is 0 Å². The predicted molar refractivity (Wildman–Crippen MR) is 15.2 cm³/mol. The maximum atomic E-state index is 4.00. The molecule has 0 aliphatic heterocycles. The van der Waals surface area contributed by atoms with Crippen LogP contribution in [0.5, 0.6) is 0 Å². The second kappa shape index (κ2) is 707.